The first-order valence-electron chi connectivity index (χ1n) is 10.1. The average Bonchev–Trinajstić information content (AvgIpc) is 3.49. The predicted octanol–water partition coefficient (Wildman–Crippen LogP) is 5.23. The third-order valence-electron chi connectivity index (χ3n) is 5.59. The predicted molar refractivity (Wildman–Crippen MR) is 127 cm³/mol. The van der Waals surface area contributed by atoms with Gasteiger partial charge in [0.25, 0.3) is 5.56 Å². The summed E-state index contributed by atoms with van der Waals surface area (Å²) in [7, 11) is 1.87. The number of H-pyrrole nitrogens is 1. The molecular formula is C24H18N6OS. The first kappa shape index (κ1) is 19.8. The van der Waals surface area contributed by atoms with E-state index in [2.05, 4.69) is 24.5 Å². The molecule has 8 heteroatoms. The summed E-state index contributed by atoms with van der Waals surface area (Å²) in [5.41, 5.74) is 6.65. The molecule has 0 unspecified atom stereocenters. The van der Waals surface area contributed by atoms with Crippen LogP contribution >= 0.6 is 11.5 Å². The molecule has 0 aliphatic rings. The van der Waals surface area contributed by atoms with Crippen molar-refractivity contribution in [1.82, 2.24) is 24.4 Å². The highest BCUT2D eigenvalue weighted by Crippen LogP contribution is 2.40. The Morgan fingerprint density at radius 2 is 1.91 bits per heavy atom. The van der Waals surface area contributed by atoms with E-state index in [1.54, 1.807) is 10.9 Å². The molecule has 2 aromatic carbocycles. The lowest BCUT2D eigenvalue weighted by atomic mass is 9.96. The van der Waals surface area contributed by atoms with Crippen LogP contribution in [0.25, 0.3) is 49.1 Å². The van der Waals surface area contributed by atoms with Crippen molar-refractivity contribution >= 4 is 28.0 Å². The van der Waals surface area contributed by atoms with E-state index < -0.39 is 0 Å². The van der Waals surface area contributed by atoms with Gasteiger partial charge in [-0.2, -0.15) is 10.2 Å². The zero-order chi connectivity index (χ0) is 22.2. The maximum absolute atomic E-state index is 12.2. The van der Waals surface area contributed by atoms with Crippen molar-refractivity contribution < 1.29 is 0 Å². The van der Waals surface area contributed by atoms with Gasteiger partial charge in [0, 0.05) is 40.7 Å². The summed E-state index contributed by atoms with van der Waals surface area (Å²) in [6.07, 6.45) is 4.33. The number of aryl methyl sites for hydroxylation is 2. The summed E-state index contributed by atoms with van der Waals surface area (Å²) >= 11 is 1.39. The van der Waals surface area contributed by atoms with E-state index in [0.717, 1.165) is 44.6 Å². The molecule has 0 saturated heterocycles. The molecule has 3 aromatic heterocycles. The number of rotatable bonds is 4. The maximum atomic E-state index is 12.2. The minimum absolute atomic E-state index is 0.206. The molecule has 32 heavy (non-hydrogen) atoms. The van der Waals surface area contributed by atoms with E-state index in [0.29, 0.717) is 17.5 Å². The summed E-state index contributed by atoms with van der Waals surface area (Å²) in [6.45, 7) is 9.71. The Labute approximate surface area is 188 Å². The fourth-order valence-electron chi connectivity index (χ4n) is 3.98. The van der Waals surface area contributed by atoms with Gasteiger partial charge in [-0.1, -0.05) is 31.2 Å². The molecule has 7 nitrogen and oxygen atoms in total. The number of aromatic amines is 1. The molecule has 0 bridgehead atoms. The van der Waals surface area contributed by atoms with Crippen molar-refractivity contribution in [3.8, 4) is 33.5 Å². The van der Waals surface area contributed by atoms with E-state index in [4.69, 9.17) is 6.57 Å². The van der Waals surface area contributed by atoms with Crippen LogP contribution in [0.3, 0.4) is 0 Å². The molecular weight excluding hydrogens is 420 g/mol. The average molecular weight is 439 g/mol. The van der Waals surface area contributed by atoms with E-state index in [1.807, 2.05) is 61.9 Å². The van der Waals surface area contributed by atoms with Gasteiger partial charge in [0.1, 0.15) is 0 Å². The third-order valence-corrected chi connectivity index (χ3v) is 6.18. The highest BCUT2D eigenvalue weighted by Gasteiger charge is 2.18. The van der Waals surface area contributed by atoms with Crippen molar-refractivity contribution in [3.05, 3.63) is 81.6 Å². The summed E-state index contributed by atoms with van der Waals surface area (Å²) in [4.78, 5) is 16.0. The molecule has 0 spiro atoms. The first-order chi connectivity index (χ1) is 15.6. The van der Waals surface area contributed by atoms with Gasteiger partial charge in [-0.25, -0.2) is 14.3 Å². The normalized spacial score (nSPS) is 11.0. The van der Waals surface area contributed by atoms with Gasteiger partial charge in [0.05, 0.1) is 29.5 Å². The van der Waals surface area contributed by atoms with Crippen LogP contribution in [0, 0.1) is 6.57 Å². The van der Waals surface area contributed by atoms with Gasteiger partial charge in [0.15, 0.2) is 5.69 Å². The molecule has 5 aromatic rings. The van der Waals surface area contributed by atoms with Crippen LogP contribution < -0.4 is 5.56 Å². The largest absolute Gasteiger partial charge is 0.272 e. The van der Waals surface area contributed by atoms with Crippen molar-refractivity contribution in [1.29, 1.82) is 0 Å². The third kappa shape index (κ3) is 3.20. The summed E-state index contributed by atoms with van der Waals surface area (Å²) in [5, 5.41) is 14.7. The van der Waals surface area contributed by atoms with Gasteiger partial charge in [-0.15, -0.1) is 0 Å². The molecule has 1 N–H and O–H groups in total. The van der Waals surface area contributed by atoms with Crippen molar-refractivity contribution in [3.63, 3.8) is 0 Å². The van der Waals surface area contributed by atoms with Crippen molar-refractivity contribution in [2.24, 2.45) is 7.05 Å². The SMILES string of the molecule is [C-]#[N+]c1ccc(-c2cnsc2)cc1-c1c(-c2ccc3c(=O)[nH]nc(CC)c3c2)cnn1C. The minimum Gasteiger partial charge on any atom is -0.269 e. The number of aromatic nitrogens is 5. The molecule has 0 radical (unpaired) electrons. The Morgan fingerprint density at radius 3 is 2.66 bits per heavy atom. The number of fused-ring (bicyclic) bond motifs is 1. The molecule has 0 fully saturated rings. The summed E-state index contributed by atoms with van der Waals surface area (Å²) < 4.78 is 5.99. The number of nitrogens with zero attached hydrogens (tertiary/aromatic N) is 5. The maximum Gasteiger partial charge on any atom is 0.272 e. The molecule has 5 rings (SSSR count). The Hall–Kier alpha value is -4.09. The smallest absolute Gasteiger partial charge is 0.269 e. The quantitative estimate of drug-likeness (QED) is 0.390. The Bertz CT molecular complexity index is 1560. The number of hydrogen-bond acceptors (Lipinski definition) is 5. The Morgan fingerprint density at radius 1 is 1.06 bits per heavy atom. The van der Waals surface area contributed by atoms with Crippen LogP contribution in [0.5, 0.6) is 0 Å². The fourth-order valence-corrected chi connectivity index (χ4v) is 4.52. The zero-order valence-corrected chi connectivity index (χ0v) is 18.3. The van der Waals surface area contributed by atoms with E-state index in [1.165, 1.54) is 11.5 Å². The summed E-state index contributed by atoms with van der Waals surface area (Å²) in [5.74, 6) is 0. The number of benzene rings is 2. The minimum atomic E-state index is -0.206. The van der Waals surface area contributed by atoms with Gasteiger partial charge in [0.2, 0.25) is 0 Å². The zero-order valence-electron chi connectivity index (χ0n) is 17.5. The number of nitrogens with one attached hydrogen (secondary N) is 1. The summed E-state index contributed by atoms with van der Waals surface area (Å²) in [6, 6.07) is 11.5. The van der Waals surface area contributed by atoms with Crippen LogP contribution in [-0.2, 0) is 13.5 Å². The lowest BCUT2D eigenvalue weighted by Gasteiger charge is -2.12. The van der Waals surface area contributed by atoms with Crippen LogP contribution in [0.4, 0.5) is 5.69 Å². The molecule has 0 atom stereocenters. The Kier molecular flexibility index (Phi) is 4.88. The fraction of sp³-hybridized carbons (Fsp3) is 0.125. The second kappa shape index (κ2) is 7.87. The topological polar surface area (TPSA) is 80.8 Å². The van der Waals surface area contributed by atoms with Gasteiger partial charge in [-0.3, -0.25) is 9.48 Å². The van der Waals surface area contributed by atoms with Gasteiger partial charge in [-0.05, 0) is 41.2 Å². The second-order valence-corrected chi connectivity index (χ2v) is 8.06. The van der Waals surface area contributed by atoms with Crippen LogP contribution in [0.2, 0.25) is 0 Å². The van der Waals surface area contributed by atoms with E-state index in [-0.39, 0.29) is 5.56 Å². The second-order valence-electron chi connectivity index (χ2n) is 7.40. The van der Waals surface area contributed by atoms with Gasteiger partial charge >= 0.3 is 0 Å². The van der Waals surface area contributed by atoms with Crippen molar-refractivity contribution in [2.75, 3.05) is 0 Å². The van der Waals surface area contributed by atoms with Crippen LogP contribution in [-0.4, -0.2) is 24.4 Å². The lowest BCUT2D eigenvalue weighted by Crippen LogP contribution is -2.10. The molecule has 156 valence electrons. The molecule has 0 saturated carbocycles. The monoisotopic (exact) mass is 438 g/mol. The first-order valence-corrected chi connectivity index (χ1v) is 10.9. The number of hydrogen-bond donors (Lipinski definition) is 1. The molecule has 3 heterocycles. The highest BCUT2D eigenvalue weighted by atomic mass is 32.1. The van der Waals surface area contributed by atoms with E-state index in [9.17, 15) is 4.79 Å². The molecule has 0 amide bonds. The standard InChI is InChI=1S/C24H18N6OS/c1-4-21-18-10-15(5-7-17(18)24(31)29-28-21)20-12-26-30(3)23(20)19-9-14(6-8-22(19)25-2)16-11-27-32-13-16/h5-13H,4H2,1,3H3,(H,29,31). The van der Waals surface area contributed by atoms with Crippen LogP contribution in [0.1, 0.15) is 12.6 Å². The van der Waals surface area contributed by atoms with Crippen LogP contribution in [0.15, 0.2) is 59.0 Å². The lowest BCUT2D eigenvalue weighted by molar-refractivity contribution is 0.776. The van der Waals surface area contributed by atoms with Gasteiger partial charge < -0.3 is 0 Å². The van der Waals surface area contributed by atoms with E-state index >= 15 is 0 Å². The molecule has 0 aliphatic carbocycles. The Balaban J connectivity index is 1.74. The molecule has 0 aliphatic heterocycles. The highest BCUT2D eigenvalue weighted by molar-refractivity contribution is 7.03. The van der Waals surface area contributed by atoms with Crippen molar-refractivity contribution in [2.45, 2.75) is 13.3 Å².